The van der Waals surface area contributed by atoms with Crippen LogP contribution >= 0.6 is 0 Å². The molecule has 1 aromatic carbocycles. The van der Waals surface area contributed by atoms with E-state index in [0.29, 0.717) is 0 Å². The van der Waals surface area contributed by atoms with Crippen LogP contribution in [-0.4, -0.2) is 27.2 Å². The maximum absolute atomic E-state index is 12.2. The Morgan fingerprint density at radius 3 is 2.04 bits per heavy atom. The zero-order chi connectivity index (χ0) is 16.7. The van der Waals surface area contributed by atoms with Crippen LogP contribution in [0.5, 0.6) is 0 Å². The van der Waals surface area contributed by atoms with Crippen molar-refractivity contribution in [3.05, 3.63) is 35.4 Å². The van der Waals surface area contributed by atoms with Crippen molar-refractivity contribution in [2.75, 3.05) is 6.54 Å². The van der Waals surface area contributed by atoms with Crippen molar-refractivity contribution in [2.24, 2.45) is 11.8 Å². The highest BCUT2D eigenvalue weighted by molar-refractivity contribution is 7.87. The van der Waals surface area contributed by atoms with Crippen molar-refractivity contribution in [3.8, 4) is 0 Å². The summed E-state index contributed by atoms with van der Waals surface area (Å²) in [5, 5.41) is 0. The first-order valence-corrected chi connectivity index (χ1v) is 9.12. The Bertz CT molecular complexity index is 643. The second-order valence-corrected chi connectivity index (χ2v) is 7.89. The third-order valence-corrected chi connectivity index (χ3v) is 5.87. The summed E-state index contributed by atoms with van der Waals surface area (Å²) in [7, 11) is -4.16. The SMILES string of the molecule is O=S(=O)(NCC(F)(F)F)NC1[C@@H]2CC[C@H]1Cc1ccccc1C2. The molecule has 1 fully saturated rings. The van der Waals surface area contributed by atoms with Crippen LogP contribution in [0.3, 0.4) is 0 Å². The minimum atomic E-state index is -4.56. The molecule has 0 amide bonds. The summed E-state index contributed by atoms with van der Waals surface area (Å²) in [5.74, 6) is 0.261. The zero-order valence-electron chi connectivity index (χ0n) is 12.4. The van der Waals surface area contributed by atoms with Crippen LogP contribution in [0.4, 0.5) is 13.2 Å². The molecule has 3 atom stereocenters. The average Bonchev–Trinajstić information content (AvgIpc) is 2.71. The van der Waals surface area contributed by atoms with Crippen LogP contribution in [0.2, 0.25) is 0 Å². The largest absolute Gasteiger partial charge is 0.402 e. The molecular formula is C15H19F3N2O2S. The summed E-state index contributed by atoms with van der Waals surface area (Å²) < 4.78 is 64.6. The maximum atomic E-state index is 12.2. The Balaban J connectivity index is 1.72. The molecule has 0 radical (unpaired) electrons. The summed E-state index contributed by atoms with van der Waals surface area (Å²) in [6.45, 7) is -1.55. The molecule has 2 N–H and O–H groups in total. The number of hydrogen-bond donors (Lipinski definition) is 2. The first-order valence-electron chi connectivity index (χ1n) is 7.64. The first-order chi connectivity index (χ1) is 10.7. The minimum Gasteiger partial charge on any atom is -0.199 e. The van der Waals surface area contributed by atoms with Gasteiger partial charge in [-0.25, -0.2) is 0 Å². The van der Waals surface area contributed by atoms with Gasteiger partial charge in [-0.2, -0.15) is 31.0 Å². The van der Waals surface area contributed by atoms with Gasteiger partial charge in [0.25, 0.3) is 10.2 Å². The van der Waals surface area contributed by atoms with Crippen LogP contribution in [-0.2, 0) is 23.1 Å². The molecule has 2 aliphatic carbocycles. The van der Waals surface area contributed by atoms with E-state index in [-0.39, 0.29) is 17.9 Å². The Kier molecular flexibility index (Phi) is 4.41. The summed E-state index contributed by atoms with van der Waals surface area (Å²) >= 11 is 0. The normalized spacial score (nSPS) is 27.5. The number of alkyl halides is 3. The lowest BCUT2D eigenvalue weighted by Gasteiger charge is -2.23. The van der Waals surface area contributed by atoms with Gasteiger partial charge in [0, 0.05) is 6.04 Å². The molecule has 1 aromatic rings. The number of rotatable bonds is 4. The van der Waals surface area contributed by atoms with Gasteiger partial charge in [-0.05, 0) is 48.6 Å². The molecule has 0 heterocycles. The van der Waals surface area contributed by atoms with Gasteiger partial charge in [0.15, 0.2) is 0 Å². The van der Waals surface area contributed by atoms with Crippen molar-refractivity contribution < 1.29 is 21.6 Å². The second-order valence-electron chi connectivity index (χ2n) is 6.36. The van der Waals surface area contributed by atoms with E-state index < -0.39 is 22.9 Å². The van der Waals surface area contributed by atoms with Gasteiger partial charge in [0.1, 0.15) is 6.54 Å². The Morgan fingerprint density at radius 2 is 1.57 bits per heavy atom. The maximum Gasteiger partial charge on any atom is 0.402 e. The van der Waals surface area contributed by atoms with Crippen LogP contribution < -0.4 is 9.44 Å². The third-order valence-electron chi connectivity index (χ3n) is 4.76. The van der Waals surface area contributed by atoms with E-state index in [4.69, 9.17) is 0 Å². The van der Waals surface area contributed by atoms with Gasteiger partial charge in [-0.1, -0.05) is 24.3 Å². The molecule has 128 valence electrons. The lowest BCUT2D eigenvalue weighted by atomic mass is 9.94. The van der Waals surface area contributed by atoms with E-state index in [1.807, 2.05) is 24.3 Å². The van der Waals surface area contributed by atoms with E-state index in [2.05, 4.69) is 4.72 Å². The standard InChI is InChI=1S/C15H19F3N2O2S/c16-15(17,18)9-19-23(21,22)20-14-12-5-6-13(14)8-11-4-2-1-3-10(11)7-12/h1-4,12-14,19-20H,5-9H2/t12-,13+,14?. The predicted molar refractivity (Wildman–Crippen MR) is 80.0 cm³/mol. The highest BCUT2D eigenvalue weighted by Crippen LogP contribution is 2.40. The fourth-order valence-electron chi connectivity index (χ4n) is 3.74. The number of hydrogen-bond acceptors (Lipinski definition) is 2. The molecule has 23 heavy (non-hydrogen) atoms. The highest BCUT2D eigenvalue weighted by Gasteiger charge is 2.41. The van der Waals surface area contributed by atoms with Crippen molar-refractivity contribution >= 4 is 10.2 Å². The number of halogens is 3. The van der Waals surface area contributed by atoms with Gasteiger partial charge in [-0.3, -0.25) is 0 Å². The molecule has 1 unspecified atom stereocenters. The molecule has 0 spiro atoms. The minimum absolute atomic E-state index is 0.131. The summed E-state index contributed by atoms with van der Waals surface area (Å²) in [6.07, 6.45) is -1.25. The van der Waals surface area contributed by atoms with E-state index in [1.165, 1.54) is 11.1 Å². The molecule has 2 bridgehead atoms. The lowest BCUT2D eigenvalue weighted by Crippen LogP contribution is -2.49. The van der Waals surface area contributed by atoms with Crippen molar-refractivity contribution in [1.29, 1.82) is 0 Å². The van der Waals surface area contributed by atoms with E-state index in [9.17, 15) is 21.6 Å². The summed E-state index contributed by atoms with van der Waals surface area (Å²) in [6, 6.07) is 7.70. The number of fused-ring (bicyclic) bond motifs is 3. The van der Waals surface area contributed by atoms with Crippen LogP contribution in [0, 0.1) is 11.8 Å². The zero-order valence-corrected chi connectivity index (χ0v) is 13.3. The Labute approximate surface area is 133 Å². The van der Waals surface area contributed by atoms with Gasteiger partial charge < -0.3 is 0 Å². The number of nitrogens with one attached hydrogen (secondary N) is 2. The lowest BCUT2D eigenvalue weighted by molar-refractivity contribution is -0.121. The fraction of sp³-hybridized carbons (Fsp3) is 0.600. The fourth-order valence-corrected chi connectivity index (χ4v) is 4.92. The number of benzene rings is 1. The van der Waals surface area contributed by atoms with Gasteiger partial charge >= 0.3 is 6.18 Å². The highest BCUT2D eigenvalue weighted by atomic mass is 32.2. The van der Waals surface area contributed by atoms with Gasteiger partial charge in [0.05, 0.1) is 0 Å². The van der Waals surface area contributed by atoms with Crippen molar-refractivity contribution in [3.63, 3.8) is 0 Å². The van der Waals surface area contributed by atoms with E-state index in [1.54, 1.807) is 4.72 Å². The Morgan fingerprint density at radius 1 is 1.04 bits per heavy atom. The molecule has 0 aliphatic heterocycles. The molecule has 3 rings (SSSR count). The van der Waals surface area contributed by atoms with Crippen molar-refractivity contribution in [2.45, 2.75) is 37.9 Å². The summed E-state index contributed by atoms with van der Waals surface area (Å²) in [5.41, 5.74) is 2.43. The molecule has 0 saturated heterocycles. The third kappa shape index (κ3) is 4.05. The average molecular weight is 348 g/mol. The molecule has 4 nitrogen and oxygen atoms in total. The monoisotopic (exact) mass is 348 g/mol. The second kappa shape index (κ2) is 6.07. The molecule has 8 heteroatoms. The Hall–Kier alpha value is -1.12. The topological polar surface area (TPSA) is 58.2 Å². The van der Waals surface area contributed by atoms with Crippen LogP contribution in [0.15, 0.2) is 24.3 Å². The molecule has 0 aromatic heterocycles. The van der Waals surface area contributed by atoms with Gasteiger partial charge in [0.2, 0.25) is 0 Å². The van der Waals surface area contributed by atoms with E-state index >= 15 is 0 Å². The van der Waals surface area contributed by atoms with Crippen LogP contribution in [0.1, 0.15) is 24.0 Å². The summed E-state index contributed by atoms with van der Waals surface area (Å²) in [4.78, 5) is 0. The molecular weight excluding hydrogens is 329 g/mol. The quantitative estimate of drug-likeness (QED) is 0.876. The van der Waals surface area contributed by atoms with Gasteiger partial charge in [-0.15, -0.1) is 0 Å². The smallest absolute Gasteiger partial charge is 0.199 e. The van der Waals surface area contributed by atoms with E-state index in [0.717, 1.165) is 25.7 Å². The molecule has 1 saturated carbocycles. The predicted octanol–water partition coefficient (Wildman–Crippen LogP) is 2.17. The molecule has 2 aliphatic rings. The van der Waals surface area contributed by atoms with Crippen molar-refractivity contribution in [1.82, 2.24) is 9.44 Å². The first kappa shape index (κ1) is 16.7. The van der Waals surface area contributed by atoms with Crippen LogP contribution in [0.25, 0.3) is 0 Å².